The molecule has 0 aliphatic heterocycles. The Morgan fingerprint density at radius 2 is 2.06 bits per heavy atom. The Balaban J connectivity index is 1.81. The van der Waals surface area contributed by atoms with Crippen LogP contribution >= 0.6 is 11.6 Å². The number of imidazole rings is 1. The van der Waals surface area contributed by atoms with Crippen LogP contribution in [0.3, 0.4) is 0 Å². The van der Waals surface area contributed by atoms with Crippen molar-refractivity contribution in [2.45, 2.75) is 12.3 Å². The lowest BCUT2D eigenvalue weighted by Gasteiger charge is -2.28. The summed E-state index contributed by atoms with van der Waals surface area (Å²) < 4.78 is 0. The summed E-state index contributed by atoms with van der Waals surface area (Å²) >= 11 is 5.99. The monoisotopic (exact) mass is 254 g/mol. The van der Waals surface area contributed by atoms with Gasteiger partial charge >= 0.3 is 0 Å². The molecule has 1 atom stereocenters. The minimum atomic E-state index is 0.410. The van der Waals surface area contributed by atoms with Gasteiger partial charge in [0.05, 0.1) is 11.0 Å². The summed E-state index contributed by atoms with van der Waals surface area (Å²) in [6.07, 6.45) is 1.07. The van der Waals surface area contributed by atoms with Crippen molar-refractivity contribution in [3.05, 3.63) is 64.4 Å². The summed E-state index contributed by atoms with van der Waals surface area (Å²) in [5.41, 5.74) is 4.82. The molecular formula is C15H11ClN2. The lowest BCUT2D eigenvalue weighted by Crippen LogP contribution is -2.18. The van der Waals surface area contributed by atoms with E-state index in [0.29, 0.717) is 5.92 Å². The molecule has 2 aromatic carbocycles. The number of hydrogen-bond acceptors (Lipinski definition) is 1. The fourth-order valence-electron chi connectivity index (χ4n) is 2.67. The number of benzene rings is 2. The number of nitrogens with zero attached hydrogens (tertiary/aromatic N) is 1. The third kappa shape index (κ3) is 1.39. The van der Waals surface area contributed by atoms with Crippen LogP contribution in [-0.4, -0.2) is 9.97 Å². The molecule has 1 unspecified atom stereocenters. The van der Waals surface area contributed by atoms with Crippen molar-refractivity contribution in [1.82, 2.24) is 9.97 Å². The molecule has 4 rings (SSSR count). The minimum absolute atomic E-state index is 0.410. The van der Waals surface area contributed by atoms with E-state index in [1.165, 1.54) is 11.1 Å². The van der Waals surface area contributed by atoms with Crippen molar-refractivity contribution >= 4 is 22.6 Å². The molecule has 0 radical (unpaired) electrons. The van der Waals surface area contributed by atoms with Crippen molar-refractivity contribution in [3.8, 4) is 0 Å². The molecule has 2 nitrogen and oxygen atoms in total. The van der Waals surface area contributed by atoms with E-state index in [2.05, 4.69) is 34.2 Å². The maximum atomic E-state index is 5.99. The number of fused-ring (bicyclic) bond motifs is 2. The van der Waals surface area contributed by atoms with Crippen LogP contribution in [0.5, 0.6) is 0 Å². The van der Waals surface area contributed by atoms with E-state index in [9.17, 15) is 0 Å². The summed E-state index contributed by atoms with van der Waals surface area (Å²) in [5, 5.41) is 0.742. The van der Waals surface area contributed by atoms with Crippen LogP contribution < -0.4 is 0 Å². The van der Waals surface area contributed by atoms with E-state index in [4.69, 9.17) is 11.6 Å². The second-order valence-electron chi connectivity index (χ2n) is 4.74. The molecule has 0 spiro atoms. The summed E-state index contributed by atoms with van der Waals surface area (Å²) in [6.45, 7) is 0. The van der Waals surface area contributed by atoms with Crippen LogP contribution in [-0.2, 0) is 6.42 Å². The van der Waals surface area contributed by atoms with Crippen LogP contribution in [0.15, 0.2) is 42.5 Å². The van der Waals surface area contributed by atoms with E-state index in [1.807, 2.05) is 18.2 Å². The molecule has 18 heavy (non-hydrogen) atoms. The predicted molar refractivity (Wildman–Crippen MR) is 73.1 cm³/mol. The Kier molecular flexibility index (Phi) is 2.03. The lowest BCUT2D eigenvalue weighted by atomic mass is 9.77. The summed E-state index contributed by atoms with van der Waals surface area (Å²) in [6, 6.07) is 14.3. The molecule has 1 aliphatic rings. The van der Waals surface area contributed by atoms with Crippen LogP contribution in [0.4, 0.5) is 0 Å². The first kappa shape index (κ1) is 10.2. The number of nitrogens with one attached hydrogen (secondary N) is 1. The molecule has 1 N–H and O–H groups in total. The van der Waals surface area contributed by atoms with Crippen LogP contribution in [0, 0.1) is 0 Å². The Morgan fingerprint density at radius 1 is 1.17 bits per heavy atom. The number of aromatic nitrogens is 2. The summed E-state index contributed by atoms with van der Waals surface area (Å²) in [7, 11) is 0. The first-order valence-electron chi connectivity index (χ1n) is 6.04. The molecule has 3 heteroatoms. The molecule has 1 aliphatic carbocycles. The first-order chi connectivity index (χ1) is 8.81. The van der Waals surface area contributed by atoms with Crippen LogP contribution in [0.25, 0.3) is 11.0 Å². The fraction of sp³-hybridized carbons (Fsp3) is 0.133. The average molecular weight is 255 g/mol. The molecular weight excluding hydrogens is 244 g/mol. The zero-order valence-corrected chi connectivity index (χ0v) is 10.4. The third-order valence-electron chi connectivity index (χ3n) is 3.65. The second-order valence-corrected chi connectivity index (χ2v) is 5.18. The van der Waals surface area contributed by atoms with Gasteiger partial charge < -0.3 is 4.98 Å². The number of aromatic amines is 1. The number of H-pyrrole nitrogens is 1. The predicted octanol–water partition coefficient (Wildman–Crippen LogP) is 3.90. The van der Waals surface area contributed by atoms with Gasteiger partial charge in [0, 0.05) is 10.9 Å². The Bertz CT molecular complexity index is 745. The van der Waals surface area contributed by atoms with Gasteiger partial charge in [-0.25, -0.2) is 4.98 Å². The second kappa shape index (κ2) is 3.59. The van der Waals surface area contributed by atoms with E-state index in [1.54, 1.807) is 0 Å². The standard InChI is InChI=1S/C15H11ClN2/c16-10-5-6-13-14(8-10)18-15(17-13)12-7-9-3-1-2-4-11(9)12/h1-6,8,12H,7H2,(H,17,18). The number of rotatable bonds is 1. The molecule has 88 valence electrons. The molecule has 0 saturated heterocycles. The molecule has 1 heterocycles. The van der Waals surface area contributed by atoms with Gasteiger partial charge in [-0.1, -0.05) is 35.9 Å². The fourth-order valence-corrected chi connectivity index (χ4v) is 2.84. The van der Waals surface area contributed by atoms with Crippen molar-refractivity contribution in [2.75, 3.05) is 0 Å². The maximum Gasteiger partial charge on any atom is 0.115 e. The lowest BCUT2D eigenvalue weighted by molar-refractivity contribution is 0.671. The molecule has 0 saturated carbocycles. The zero-order valence-electron chi connectivity index (χ0n) is 9.65. The van der Waals surface area contributed by atoms with Crippen molar-refractivity contribution in [1.29, 1.82) is 0 Å². The third-order valence-corrected chi connectivity index (χ3v) is 3.88. The first-order valence-corrected chi connectivity index (χ1v) is 6.42. The van der Waals surface area contributed by atoms with Gasteiger partial charge in [0.15, 0.2) is 0 Å². The van der Waals surface area contributed by atoms with Gasteiger partial charge in [-0.2, -0.15) is 0 Å². The molecule has 0 bridgehead atoms. The summed E-state index contributed by atoms with van der Waals surface area (Å²) in [5.74, 6) is 1.46. The Morgan fingerprint density at radius 3 is 2.94 bits per heavy atom. The maximum absolute atomic E-state index is 5.99. The summed E-state index contributed by atoms with van der Waals surface area (Å²) in [4.78, 5) is 8.04. The van der Waals surface area contributed by atoms with E-state index in [0.717, 1.165) is 28.3 Å². The Labute approximate surface area is 110 Å². The van der Waals surface area contributed by atoms with Gasteiger partial charge in [-0.05, 0) is 35.7 Å². The molecule has 3 aromatic rings. The van der Waals surface area contributed by atoms with Gasteiger partial charge in [0.25, 0.3) is 0 Å². The van der Waals surface area contributed by atoms with E-state index >= 15 is 0 Å². The molecule has 1 aromatic heterocycles. The number of hydrogen-bond donors (Lipinski definition) is 1. The molecule has 0 fully saturated rings. The van der Waals surface area contributed by atoms with Gasteiger partial charge in [0.1, 0.15) is 5.82 Å². The quantitative estimate of drug-likeness (QED) is 0.701. The largest absolute Gasteiger partial charge is 0.341 e. The van der Waals surface area contributed by atoms with Crippen molar-refractivity contribution < 1.29 is 0 Å². The highest BCUT2D eigenvalue weighted by Crippen LogP contribution is 2.39. The molecule has 0 amide bonds. The van der Waals surface area contributed by atoms with Gasteiger partial charge in [-0.3, -0.25) is 0 Å². The van der Waals surface area contributed by atoms with Crippen molar-refractivity contribution in [3.63, 3.8) is 0 Å². The van der Waals surface area contributed by atoms with Crippen molar-refractivity contribution in [2.24, 2.45) is 0 Å². The highest BCUT2D eigenvalue weighted by molar-refractivity contribution is 6.31. The highest BCUT2D eigenvalue weighted by atomic mass is 35.5. The smallest absolute Gasteiger partial charge is 0.115 e. The van der Waals surface area contributed by atoms with E-state index in [-0.39, 0.29) is 0 Å². The normalized spacial score (nSPS) is 17.5. The topological polar surface area (TPSA) is 28.7 Å². The zero-order chi connectivity index (χ0) is 12.1. The number of halogens is 1. The Hall–Kier alpha value is -1.80. The van der Waals surface area contributed by atoms with Gasteiger partial charge in [0.2, 0.25) is 0 Å². The minimum Gasteiger partial charge on any atom is -0.341 e. The van der Waals surface area contributed by atoms with E-state index < -0.39 is 0 Å². The van der Waals surface area contributed by atoms with Gasteiger partial charge in [-0.15, -0.1) is 0 Å². The van der Waals surface area contributed by atoms with Crippen LogP contribution in [0.1, 0.15) is 22.9 Å². The average Bonchev–Trinajstić information content (AvgIpc) is 2.73. The highest BCUT2D eigenvalue weighted by Gasteiger charge is 2.29. The van der Waals surface area contributed by atoms with Crippen LogP contribution in [0.2, 0.25) is 5.02 Å². The SMILES string of the molecule is Clc1ccc2nc(C3Cc4ccccc43)[nH]c2c1.